The van der Waals surface area contributed by atoms with Crippen LogP contribution >= 0.6 is 11.3 Å². The van der Waals surface area contributed by atoms with Gasteiger partial charge in [0.05, 0.1) is 11.4 Å². The Hall–Kier alpha value is -1.22. The summed E-state index contributed by atoms with van der Waals surface area (Å²) >= 11 is 1.72. The largest absolute Gasteiger partial charge is 0.369 e. The lowest BCUT2D eigenvalue weighted by atomic mass is 10.3. The SMILES string of the molecule is C=CCN(C)c1cscc1N(C)CC=C. The molecule has 3 heteroatoms. The zero-order valence-electron chi connectivity index (χ0n) is 9.44. The summed E-state index contributed by atoms with van der Waals surface area (Å²) in [6.07, 6.45) is 3.82. The molecule has 0 N–H and O–H groups in total. The van der Waals surface area contributed by atoms with Gasteiger partial charge in [0, 0.05) is 37.9 Å². The molecule has 1 aromatic rings. The average Bonchev–Trinajstić information content (AvgIpc) is 2.66. The van der Waals surface area contributed by atoms with Crippen molar-refractivity contribution in [2.45, 2.75) is 0 Å². The van der Waals surface area contributed by atoms with Crippen LogP contribution in [-0.2, 0) is 0 Å². The Morgan fingerprint density at radius 2 is 1.47 bits per heavy atom. The highest BCUT2D eigenvalue weighted by atomic mass is 32.1. The lowest BCUT2D eigenvalue weighted by Gasteiger charge is -2.23. The molecule has 82 valence electrons. The molecule has 15 heavy (non-hydrogen) atoms. The quantitative estimate of drug-likeness (QED) is 0.683. The Kier molecular flexibility index (Phi) is 4.43. The van der Waals surface area contributed by atoms with Gasteiger partial charge in [0.1, 0.15) is 0 Å². The molecule has 0 aliphatic heterocycles. The van der Waals surface area contributed by atoms with E-state index in [-0.39, 0.29) is 0 Å². The Balaban J connectivity index is 2.84. The molecule has 1 aromatic heterocycles. The molecule has 0 amide bonds. The van der Waals surface area contributed by atoms with E-state index < -0.39 is 0 Å². The van der Waals surface area contributed by atoms with Crippen LogP contribution in [-0.4, -0.2) is 27.2 Å². The van der Waals surface area contributed by atoms with Gasteiger partial charge in [0.15, 0.2) is 0 Å². The van der Waals surface area contributed by atoms with Gasteiger partial charge in [-0.15, -0.1) is 24.5 Å². The Labute approximate surface area is 96.1 Å². The summed E-state index contributed by atoms with van der Waals surface area (Å²) in [6.45, 7) is 9.24. The highest BCUT2D eigenvalue weighted by molar-refractivity contribution is 7.09. The van der Waals surface area contributed by atoms with Crippen LogP contribution in [0.5, 0.6) is 0 Å². The molecule has 0 saturated heterocycles. The van der Waals surface area contributed by atoms with Crippen LogP contribution < -0.4 is 9.80 Å². The van der Waals surface area contributed by atoms with E-state index in [2.05, 4.69) is 47.8 Å². The van der Waals surface area contributed by atoms with Crippen molar-refractivity contribution in [2.24, 2.45) is 0 Å². The second kappa shape index (κ2) is 5.61. The fraction of sp³-hybridized carbons (Fsp3) is 0.333. The number of rotatable bonds is 6. The van der Waals surface area contributed by atoms with Crippen molar-refractivity contribution in [1.82, 2.24) is 0 Å². The lowest BCUT2D eigenvalue weighted by Crippen LogP contribution is -2.22. The molecule has 0 aliphatic rings. The molecule has 0 aliphatic carbocycles. The molecule has 0 atom stereocenters. The van der Waals surface area contributed by atoms with Crippen LogP contribution in [0.3, 0.4) is 0 Å². The maximum Gasteiger partial charge on any atom is 0.0713 e. The topological polar surface area (TPSA) is 6.48 Å². The number of nitrogens with zero attached hydrogens (tertiary/aromatic N) is 2. The van der Waals surface area contributed by atoms with Gasteiger partial charge < -0.3 is 9.80 Å². The molecule has 1 rings (SSSR count). The number of anilines is 2. The molecular weight excluding hydrogens is 204 g/mol. The summed E-state index contributed by atoms with van der Waals surface area (Å²) in [5, 5.41) is 4.33. The third kappa shape index (κ3) is 2.86. The minimum atomic E-state index is 0.867. The van der Waals surface area contributed by atoms with Crippen molar-refractivity contribution in [3.63, 3.8) is 0 Å². The van der Waals surface area contributed by atoms with Gasteiger partial charge >= 0.3 is 0 Å². The van der Waals surface area contributed by atoms with E-state index >= 15 is 0 Å². The summed E-state index contributed by atoms with van der Waals surface area (Å²) < 4.78 is 0. The number of hydrogen-bond donors (Lipinski definition) is 0. The first-order valence-corrected chi connectivity index (χ1v) is 5.85. The summed E-state index contributed by atoms with van der Waals surface area (Å²) in [4.78, 5) is 4.39. The Bertz CT molecular complexity index is 300. The van der Waals surface area contributed by atoms with E-state index in [1.807, 2.05) is 12.2 Å². The average molecular weight is 222 g/mol. The van der Waals surface area contributed by atoms with Crippen molar-refractivity contribution in [3.8, 4) is 0 Å². The van der Waals surface area contributed by atoms with E-state index in [0.717, 1.165) is 13.1 Å². The Morgan fingerprint density at radius 3 is 1.80 bits per heavy atom. The van der Waals surface area contributed by atoms with Gasteiger partial charge in [0.2, 0.25) is 0 Å². The molecule has 0 aromatic carbocycles. The molecular formula is C12H18N2S. The Morgan fingerprint density at radius 1 is 1.07 bits per heavy atom. The van der Waals surface area contributed by atoms with Gasteiger partial charge in [-0.3, -0.25) is 0 Å². The van der Waals surface area contributed by atoms with Crippen LogP contribution in [0, 0.1) is 0 Å². The first-order chi connectivity index (χ1) is 7.20. The van der Waals surface area contributed by atoms with Gasteiger partial charge in [-0.2, -0.15) is 0 Å². The second-order valence-corrected chi connectivity index (χ2v) is 4.22. The van der Waals surface area contributed by atoms with Crippen LogP contribution in [0.4, 0.5) is 11.4 Å². The summed E-state index contributed by atoms with van der Waals surface area (Å²) in [5.41, 5.74) is 2.51. The maximum absolute atomic E-state index is 3.75. The predicted molar refractivity (Wildman–Crippen MR) is 71.3 cm³/mol. The summed E-state index contributed by atoms with van der Waals surface area (Å²) in [5.74, 6) is 0. The van der Waals surface area contributed by atoms with Crippen LogP contribution in [0.15, 0.2) is 36.1 Å². The van der Waals surface area contributed by atoms with Crippen molar-refractivity contribution in [3.05, 3.63) is 36.1 Å². The van der Waals surface area contributed by atoms with Crippen LogP contribution in [0.2, 0.25) is 0 Å². The molecule has 0 spiro atoms. The van der Waals surface area contributed by atoms with E-state index in [9.17, 15) is 0 Å². The van der Waals surface area contributed by atoms with Crippen LogP contribution in [0.25, 0.3) is 0 Å². The number of hydrogen-bond acceptors (Lipinski definition) is 3. The van der Waals surface area contributed by atoms with Gasteiger partial charge in [0.25, 0.3) is 0 Å². The minimum absolute atomic E-state index is 0.867. The smallest absolute Gasteiger partial charge is 0.0713 e. The molecule has 0 saturated carbocycles. The molecule has 1 heterocycles. The van der Waals surface area contributed by atoms with E-state index in [4.69, 9.17) is 0 Å². The zero-order chi connectivity index (χ0) is 11.3. The van der Waals surface area contributed by atoms with Crippen molar-refractivity contribution in [2.75, 3.05) is 37.0 Å². The summed E-state index contributed by atoms with van der Waals surface area (Å²) in [6, 6.07) is 0. The molecule has 0 bridgehead atoms. The molecule has 0 radical (unpaired) electrons. The highest BCUT2D eigenvalue weighted by Crippen LogP contribution is 2.31. The van der Waals surface area contributed by atoms with E-state index in [1.54, 1.807) is 11.3 Å². The first kappa shape index (κ1) is 11.9. The molecule has 0 fully saturated rings. The van der Waals surface area contributed by atoms with E-state index in [1.165, 1.54) is 11.4 Å². The van der Waals surface area contributed by atoms with Gasteiger partial charge in [-0.25, -0.2) is 0 Å². The van der Waals surface area contributed by atoms with Crippen molar-refractivity contribution < 1.29 is 0 Å². The van der Waals surface area contributed by atoms with E-state index in [0.29, 0.717) is 0 Å². The fourth-order valence-corrected chi connectivity index (χ4v) is 2.37. The predicted octanol–water partition coefficient (Wildman–Crippen LogP) is 2.99. The lowest BCUT2D eigenvalue weighted by molar-refractivity contribution is 0.994. The second-order valence-electron chi connectivity index (χ2n) is 3.48. The monoisotopic (exact) mass is 222 g/mol. The normalized spacial score (nSPS) is 9.73. The maximum atomic E-state index is 3.75. The third-order valence-corrected chi connectivity index (χ3v) is 2.97. The van der Waals surface area contributed by atoms with Crippen molar-refractivity contribution >= 4 is 22.7 Å². The first-order valence-electron chi connectivity index (χ1n) is 4.91. The van der Waals surface area contributed by atoms with Gasteiger partial charge in [-0.05, 0) is 0 Å². The highest BCUT2D eigenvalue weighted by Gasteiger charge is 2.10. The van der Waals surface area contributed by atoms with Gasteiger partial charge in [-0.1, -0.05) is 12.2 Å². The number of likely N-dealkylation sites (N-methyl/N-ethyl adjacent to an activating group) is 2. The van der Waals surface area contributed by atoms with Crippen LogP contribution in [0.1, 0.15) is 0 Å². The molecule has 0 unspecified atom stereocenters. The third-order valence-electron chi connectivity index (χ3n) is 2.25. The molecule has 2 nitrogen and oxygen atoms in total. The number of thiophene rings is 1. The van der Waals surface area contributed by atoms with Crippen molar-refractivity contribution in [1.29, 1.82) is 0 Å². The minimum Gasteiger partial charge on any atom is -0.369 e. The standard InChI is InChI=1S/C12H18N2S/c1-5-7-13(3)11-9-15-10-12(11)14(4)8-6-2/h5-6,9-10H,1-2,7-8H2,3-4H3. The fourth-order valence-electron chi connectivity index (χ4n) is 1.44. The summed E-state index contributed by atoms with van der Waals surface area (Å²) in [7, 11) is 4.16. The zero-order valence-corrected chi connectivity index (χ0v) is 10.3.